The van der Waals surface area contributed by atoms with Gasteiger partial charge in [0.15, 0.2) is 0 Å². The SMILES string of the molecule is O=C(O)C1(Cl)C=CC(Cl)(Cl)N(Cl)C1(Cl)Cl. The quantitative estimate of drug-likeness (QED) is 0.346. The summed E-state index contributed by atoms with van der Waals surface area (Å²) in [5, 5.41) is 8.90. The molecule has 0 fully saturated rings. The van der Waals surface area contributed by atoms with E-state index < -0.39 is 19.8 Å². The third-order valence-electron chi connectivity index (χ3n) is 1.77. The average Bonchev–Trinajstić information content (AvgIpc) is 2.10. The topological polar surface area (TPSA) is 40.5 Å². The molecular formula is C6H3Cl6NO2. The van der Waals surface area contributed by atoms with Gasteiger partial charge in [0.05, 0.1) is 0 Å². The molecule has 0 radical (unpaired) electrons. The van der Waals surface area contributed by atoms with Crippen LogP contribution in [0.5, 0.6) is 0 Å². The van der Waals surface area contributed by atoms with Crippen LogP contribution in [0, 0.1) is 0 Å². The summed E-state index contributed by atoms with van der Waals surface area (Å²) in [5.74, 6) is -1.47. The van der Waals surface area contributed by atoms with Gasteiger partial charge in [-0.1, -0.05) is 58.0 Å². The normalized spacial score (nSPS) is 34.0. The van der Waals surface area contributed by atoms with Crippen molar-refractivity contribution in [2.24, 2.45) is 0 Å². The van der Waals surface area contributed by atoms with E-state index in [9.17, 15) is 4.79 Å². The van der Waals surface area contributed by atoms with Crippen LogP contribution in [0.4, 0.5) is 0 Å². The van der Waals surface area contributed by atoms with Crippen LogP contribution in [0.25, 0.3) is 0 Å². The van der Waals surface area contributed by atoms with Gasteiger partial charge >= 0.3 is 5.97 Å². The van der Waals surface area contributed by atoms with Gasteiger partial charge in [-0.05, 0) is 23.9 Å². The Kier molecular flexibility index (Phi) is 3.71. The summed E-state index contributed by atoms with van der Waals surface area (Å²) >= 11 is 34.2. The Bertz CT molecular complexity index is 330. The van der Waals surface area contributed by atoms with Crippen LogP contribution in [0.2, 0.25) is 0 Å². The average molecular weight is 334 g/mol. The number of carboxylic acid groups (broad SMARTS) is 1. The molecule has 3 nitrogen and oxygen atoms in total. The smallest absolute Gasteiger partial charge is 0.333 e. The molecule has 0 aromatic carbocycles. The van der Waals surface area contributed by atoms with Crippen molar-refractivity contribution in [1.29, 1.82) is 0 Å². The van der Waals surface area contributed by atoms with Crippen LogP contribution in [-0.2, 0) is 4.79 Å². The molecule has 0 aliphatic carbocycles. The highest BCUT2D eigenvalue weighted by molar-refractivity contribution is 6.61. The Morgan fingerprint density at radius 2 is 1.60 bits per heavy atom. The first kappa shape index (κ1) is 14.0. The van der Waals surface area contributed by atoms with Gasteiger partial charge in [-0.15, -0.1) is 4.42 Å². The summed E-state index contributed by atoms with van der Waals surface area (Å²) in [4.78, 5) is 8.79. The minimum Gasteiger partial charge on any atom is -0.480 e. The fourth-order valence-electron chi connectivity index (χ4n) is 0.911. The maximum atomic E-state index is 10.9. The Hall–Kier alpha value is 0.910. The highest BCUT2D eigenvalue weighted by Gasteiger charge is 2.63. The maximum absolute atomic E-state index is 10.9. The van der Waals surface area contributed by atoms with Crippen LogP contribution in [0.3, 0.4) is 0 Å². The number of alkyl halides is 5. The number of aliphatic carboxylic acids is 1. The monoisotopic (exact) mass is 331 g/mol. The van der Waals surface area contributed by atoms with Crippen LogP contribution in [0.15, 0.2) is 12.2 Å². The fourth-order valence-corrected chi connectivity index (χ4v) is 2.40. The Morgan fingerprint density at radius 1 is 1.13 bits per heavy atom. The lowest BCUT2D eigenvalue weighted by Crippen LogP contribution is -2.60. The van der Waals surface area contributed by atoms with Gasteiger partial charge in [0, 0.05) is 0 Å². The molecule has 1 unspecified atom stereocenters. The number of hydrogen-bond donors (Lipinski definition) is 1. The second-order valence-corrected chi connectivity index (χ2v) is 6.33. The zero-order valence-corrected chi connectivity index (χ0v) is 11.3. The molecule has 0 saturated carbocycles. The largest absolute Gasteiger partial charge is 0.480 e. The van der Waals surface area contributed by atoms with E-state index in [1.807, 2.05) is 0 Å². The molecular weight excluding hydrogens is 331 g/mol. The molecule has 86 valence electrons. The molecule has 1 atom stereocenters. The lowest BCUT2D eigenvalue weighted by Gasteiger charge is -2.44. The zero-order chi connectivity index (χ0) is 12.1. The molecule has 1 aliphatic heterocycles. The van der Waals surface area contributed by atoms with Crippen molar-refractivity contribution in [2.75, 3.05) is 0 Å². The Morgan fingerprint density at radius 3 is 2.00 bits per heavy atom. The highest BCUT2D eigenvalue weighted by atomic mass is 35.5. The summed E-state index contributed by atoms with van der Waals surface area (Å²) in [7, 11) is 0. The molecule has 0 aromatic rings. The summed E-state index contributed by atoms with van der Waals surface area (Å²) in [6.07, 6.45) is 2.06. The Balaban J connectivity index is 3.32. The number of rotatable bonds is 1. The first-order chi connectivity index (χ1) is 6.56. The summed E-state index contributed by atoms with van der Waals surface area (Å²) in [5.41, 5.74) is 0. The standard InChI is InChI=1S/C6H3Cl6NO2/c7-4(3(14)15)1-2-5(8,9)13(12)6(4,10)11/h1-2H,(H,14,15). The molecule has 0 saturated heterocycles. The number of hydrogen-bond acceptors (Lipinski definition) is 2. The van der Waals surface area contributed by atoms with Gasteiger partial charge in [-0.3, -0.25) is 0 Å². The van der Waals surface area contributed by atoms with E-state index in [2.05, 4.69) is 0 Å². The third-order valence-corrected chi connectivity index (χ3v) is 4.92. The van der Waals surface area contributed by atoms with Gasteiger partial charge in [-0.2, -0.15) is 0 Å². The summed E-state index contributed by atoms with van der Waals surface area (Å²) < 4.78 is -3.41. The number of carbonyl (C=O) groups is 1. The van der Waals surface area contributed by atoms with Gasteiger partial charge < -0.3 is 5.11 Å². The van der Waals surface area contributed by atoms with Crippen molar-refractivity contribution >= 4 is 75.8 Å². The van der Waals surface area contributed by atoms with E-state index in [1.165, 1.54) is 0 Å². The second-order valence-electron chi connectivity index (χ2n) is 2.76. The van der Waals surface area contributed by atoms with Gasteiger partial charge in [-0.25, -0.2) is 4.79 Å². The van der Waals surface area contributed by atoms with Gasteiger partial charge in [0.2, 0.25) is 13.8 Å². The van der Waals surface area contributed by atoms with Crippen molar-refractivity contribution in [3.63, 3.8) is 0 Å². The van der Waals surface area contributed by atoms with Crippen molar-refractivity contribution in [3.8, 4) is 0 Å². The number of carboxylic acids is 1. The minimum atomic E-state index is -2.19. The van der Waals surface area contributed by atoms with Crippen LogP contribution in [-0.4, -0.2) is 29.3 Å². The first-order valence-electron chi connectivity index (χ1n) is 3.40. The van der Waals surface area contributed by atoms with Crippen molar-refractivity contribution < 1.29 is 9.90 Å². The maximum Gasteiger partial charge on any atom is 0.333 e. The Labute approximate surface area is 116 Å². The molecule has 1 aliphatic rings. The number of halogens is 6. The predicted molar refractivity (Wildman–Crippen MR) is 61.9 cm³/mol. The second kappa shape index (κ2) is 3.98. The minimum absolute atomic E-state index is 0.521. The van der Waals surface area contributed by atoms with E-state index in [0.717, 1.165) is 12.2 Å². The summed E-state index contributed by atoms with van der Waals surface area (Å²) in [6, 6.07) is 0. The van der Waals surface area contributed by atoms with E-state index in [0.29, 0.717) is 4.42 Å². The highest BCUT2D eigenvalue weighted by Crippen LogP contribution is 2.53. The molecule has 0 spiro atoms. The third kappa shape index (κ3) is 2.04. The van der Waals surface area contributed by atoms with E-state index in [1.54, 1.807) is 0 Å². The van der Waals surface area contributed by atoms with E-state index in [-0.39, 0.29) is 0 Å². The molecule has 0 aromatic heterocycles. The fraction of sp³-hybridized carbons (Fsp3) is 0.500. The van der Waals surface area contributed by atoms with Crippen molar-refractivity contribution in [2.45, 2.75) is 13.8 Å². The summed E-state index contributed by atoms with van der Waals surface area (Å²) in [6.45, 7) is 0. The number of nitrogens with zero attached hydrogens (tertiary/aromatic N) is 1. The van der Waals surface area contributed by atoms with Crippen molar-refractivity contribution in [1.82, 2.24) is 4.42 Å². The lowest BCUT2D eigenvalue weighted by molar-refractivity contribution is -0.140. The predicted octanol–water partition coefficient (Wildman–Crippen LogP) is 3.34. The van der Waals surface area contributed by atoms with E-state index >= 15 is 0 Å². The van der Waals surface area contributed by atoms with Crippen molar-refractivity contribution in [3.05, 3.63) is 12.2 Å². The molecule has 1 heterocycles. The van der Waals surface area contributed by atoms with Crippen LogP contribution >= 0.6 is 69.8 Å². The molecule has 0 amide bonds. The first-order valence-corrected chi connectivity index (χ1v) is 5.63. The lowest BCUT2D eigenvalue weighted by atomic mass is 10.1. The van der Waals surface area contributed by atoms with Gasteiger partial charge in [0.1, 0.15) is 0 Å². The molecule has 15 heavy (non-hydrogen) atoms. The molecule has 9 heteroatoms. The molecule has 1 N–H and O–H groups in total. The van der Waals surface area contributed by atoms with Gasteiger partial charge in [0.25, 0.3) is 0 Å². The van der Waals surface area contributed by atoms with Crippen LogP contribution < -0.4 is 0 Å². The van der Waals surface area contributed by atoms with E-state index in [4.69, 9.17) is 74.9 Å². The zero-order valence-electron chi connectivity index (χ0n) is 6.73. The molecule has 0 bridgehead atoms. The van der Waals surface area contributed by atoms with Crippen LogP contribution in [0.1, 0.15) is 0 Å². The molecule has 1 rings (SSSR count).